The van der Waals surface area contributed by atoms with Gasteiger partial charge >= 0.3 is 5.97 Å². The molecule has 4 nitrogen and oxygen atoms in total. The summed E-state index contributed by atoms with van der Waals surface area (Å²) in [6, 6.07) is 0. The third-order valence-corrected chi connectivity index (χ3v) is 4.17. The fraction of sp³-hybridized carbons (Fsp3) is 0.857. The second kappa shape index (κ2) is 6.76. The number of carboxylic acid groups (broad SMARTS) is 1. The van der Waals surface area contributed by atoms with Crippen molar-refractivity contribution in [1.29, 1.82) is 0 Å². The van der Waals surface area contributed by atoms with Crippen LogP contribution in [-0.4, -0.2) is 35.5 Å². The maximum atomic E-state index is 12.5. The number of carbonyl (C=O) groups is 2. The Morgan fingerprint density at radius 3 is 2.33 bits per heavy atom. The summed E-state index contributed by atoms with van der Waals surface area (Å²) in [6.45, 7) is 2.64. The van der Waals surface area contributed by atoms with Gasteiger partial charge in [0.05, 0.1) is 0 Å². The van der Waals surface area contributed by atoms with Crippen LogP contribution in [-0.2, 0) is 9.59 Å². The predicted molar refractivity (Wildman–Crippen MR) is 70.3 cm³/mol. The van der Waals surface area contributed by atoms with Gasteiger partial charge in [0.25, 0.3) is 0 Å². The van der Waals surface area contributed by atoms with Crippen LogP contribution in [0.15, 0.2) is 0 Å². The zero-order chi connectivity index (χ0) is 13.6. The van der Waals surface area contributed by atoms with Gasteiger partial charge in [0.1, 0.15) is 0 Å². The quantitative estimate of drug-likeness (QED) is 0.793. The number of aliphatic carboxylic acids is 1. The first-order chi connectivity index (χ1) is 8.52. The predicted octanol–water partition coefficient (Wildman–Crippen LogP) is 2.67. The monoisotopic (exact) mass is 255 g/mol. The van der Waals surface area contributed by atoms with Gasteiger partial charge in [-0.1, -0.05) is 26.2 Å². The Morgan fingerprint density at radius 1 is 1.22 bits per heavy atom. The number of hydrogen-bond acceptors (Lipinski definition) is 2. The molecule has 1 aliphatic carbocycles. The van der Waals surface area contributed by atoms with E-state index in [9.17, 15) is 9.59 Å². The van der Waals surface area contributed by atoms with Crippen LogP contribution in [0.3, 0.4) is 0 Å². The minimum atomic E-state index is -0.793. The first-order valence-corrected chi connectivity index (χ1v) is 6.99. The van der Waals surface area contributed by atoms with Crippen molar-refractivity contribution in [2.24, 2.45) is 5.41 Å². The third-order valence-electron chi connectivity index (χ3n) is 4.17. The van der Waals surface area contributed by atoms with Gasteiger partial charge in [0.2, 0.25) is 5.91 Å². The number of carboxylic acids is 1. The molecule has 0 spiro atoms. The zero-order valence-electron chi connectivity index (χ0n) is 11.6. The van der Waals surface area contributed by atoms with Crippen LogP contribution in [0, 0.1) is 5.41 Å². The van der Waals surface area contributed by atoms with Crippen molar-refractivity contribution in [1.82, 2.24) is 4.90 Å². The largest absolute Gasteiger partial charge is 0.481 e. The van der Waals surface area contributed by atoms with Gasteiger partial charge < -0.3 is 10.0 Å². The van der Waals surface area contributed by atoms with E-state index < -0.39 is 5.97 Å². The Morgan fingerprint density at radius 2 is 1.83 bits per heavy atom. The van der Waals surface area contributed by atoms with Crippen molar-refractivity contribution in [2.45, 2.75) is 58.3 Å². The summed E-state index contributed by atoms with van der Waals surface area (Å²) in [5, 5.41) is 8.61. The lowest BCUT2D eigenvalue weighted by Crippen LogP contribution is -2.43. The van der Waals surface area contributed by atoms with Crippen LogP contribution >= 0.6 is 0 Å². The van der Waals surface area contributed by atoms with Crippen molar-refractivity contribution < 1.29 is 14.7 Å². The van der Waals surface area contributed by atoms with E-state index in [2.05, 4.69) is 6.92 Å². The molecule has 1 rings (SSSR count). The van der Waals surface area contributed by atoms with Crippen molar-refractivity contribution in [2.75, 3.05) is 13.6 Å². The maximum absolute atomic E-state index is 12.5. The minimum Gasteiger partial charge on any atom is -0.481 e. The first-order valence-electron chi connectivity index (χ1n) is 6.99. The number of hydrogen-bond donors (Lipinski definition) is 1. The van der Waals surface area contributed by atoms with Gasteiger partial charge in [-0.3, -0.25) is 9.59 Å². The van der Waals surface area contributed by atoms with E-state index in [1.807, 2.05) is 0 Å². The average Bonchev–Trinajstić information content (AvgIpc) is 2.38. The number of carbonyl (C=O) groups excluding carboxylic acids is 1. The average molecular weight is 255 g/mol. The van der Waals surface area contributed by atoms with Crippen molar-refractivity contribution >= 4 is 11.9 Å². The molecule has 1 saturated carbocycles. The van der Waals surface area contributed by atoms with E-state index in [1.165, 1.54) is 6.42 Å². The fourth-order valence-corrected chi connectivity index (χ4v) is 2.92. The van der Waals surface area contributed by atoms with Gasteiger partial charge in [-0.2, -0.15) is 0 Å². The molecule has 4 heteroatoms. The van der Waals surface area contributed by atoms with E-state index in [-0.39, 0.29) is 17.7 Å². The van der Waals surface area contributed by atoms with E-state index in [0.29, 0.717) is 13.0 Å². The molecule has 0 radical (unpaired) electrons. The summed E-state index contributed by atoms with van der Waals surface area (Å²) in [5.41, 5.74) is -0.170. The highest BCUT2D eigenvalue weighted by Gasteiger charge is 2.39. The van der Waals surface area contributed by atoms with Crippen LogP contribution in [0.5, 0.6) is 0 Å². The SMILES string of the molecule is CCC1(C(=O)N(C)CCCC(=O)O)CCCCC1. The Kier molecular flexibility index (Phi) is 5.63. The molecule has 0 saturated heterocycles. The molecule has 1 N–H and O–H groups in total. The van der Waals surface area contributed by atoms with Crippen LogP contribution in [0.25, 0.3) is 0 Å². The minimum absolute atomic E-state index is 0.136. The molecular weight excluding hydrogens is 230 g/mol. The maximum Gasteiger partial charge on any atom is 0.303 e. The Balaban J connectivity index is 2.52. The van der Waals surface area contributed by atoms with E-state index >= 15 is 0 Å². The van der Waals surface area contributed by atoms with Crippen molar-refractivity contribution in [3.63, 3.8) is 0 Å². The molecule has 0 aliphatic heterocycles. The lowest BCUT2D eigenvalue weighted by molar-refractivity contribution is -0.144. The normalized spacial score (nSPS) is 18.3. The van der Waals surface area contributed by atoms with Crippen LogP contribution in [0.1, 0.15) is 58.3 Å². The molecule has 1 aliphatic rings. The smallest absolute Gasteiger partial charge is 0.303 e. The molecule has 0 aromatic carbocycles. The van der Waals surface area contributed by atoms with Gasteiger partial charge in [-0.25, -0.2) is 0 Å². The molecule has 1 fully saturated rings. The number of amides is 1. The number of nitrogens with zero attached hydrogens (tertiary/aromatic N) is 1. The Bertz CT molecular complexity index is 295. The molecule has 0 aromatic rings. The van der Waals surface area contributed by atoms with E-state index in [1.54, 1.807) is 11.9 Å². The van der Waals surface area contributed by atoms with Crippen molar-refractivity contribution in [3.8, 4) is 0 Å². The molecule has 18 heavy (non-hydrogen) atoms. The summed E-state index contributed by atoms with van der Waals surface area (Å²) >= 11 is 0. The molecule has 1 amide bonds. The summed E-state index contributed by atoms with van der Waals surface area (Å²) in [7, 11) is 1.80. The molecule has 104 valence electrons. The van der Waals surface area contributed by atoms with Gasteiger partial charge in [0.15, 0.2) is 0 Å². The Hall–Kier alpha value is -1.06. The molecular formula is C14H25NO3. The lowest BCUT2D eigenvalue weighted by atomic mass is 9.71. The summed E-state index contributed by atoms with van der Waals surface area (Å²) in [6.07, 6.45) is 7.07. The topological polar surface area (TPSA) is 57.6 Å². The molecule has 0 atom stereocenters. The first kappa shape index (κ1) is 15.0. The van der Waals surface area contributed by atoms with Gasteiger partial charge in [0, 0.05) is 25.4 Å². The zero-order valence-corrected chi connectivity index (χ0v) is 11.6. The Labute approximate surface area is 109 Å². The highest BCUT2D eigenvalue weighted by Crippen LogP contribution is 2.40. The summed E-state index contributed by atoms with van der Waals surface area (Å²) in [4.78, 5) is 24.7. The molecule has 0 unspecified atom stereocenters. The fourth-order valence-electron chi connectivity index (χ4n) is 2.92. The van der Waals surface area contributed by atoms with E-state index in [4.69, 9.17) is 5.11 Å². The molecule has 0 heterocycles. The second-order valence-corrected chi connectivity index (χ2v) is 5.42. The van der Waals surface area contributed by atoms with Crippen molar-refractivity contribution in [3.05, 3.63) is 0 Å². The van der Waals surface area contributed by atoms with Gasteiger partial charge in [-0.15, -0.1) is 0 Å². The number of rotatable bonds is 6. The summed E-state index contributed by atoms with van der Waals surface area (Å²) < 4.78 is 0. The van der Waals surface area contributed by atoms with Crippen LogP contribution < -0.4 is 0 Å². The second-order valence-electron chi connectivity index (χ2n) is 5.42. The highest BCUT2D eigenvalue weighted by atomic mass is 16.4. The molecule has 0 aromatic heterocycles. The van der Waals surface area contributed by atoms with E-state index in [0.717, 1.165) is 32.1 Å². The standard InChI is InChI=1S/C14H25NO3/c1-3-14(9-5-4-6-10-14)13(18)15(2)11-7-8-12(16)17/h3-11H2,1-2H3,(H,16,17). The van der Waals surface area contributed by atoms with Crippen LogP contribution in [0.2, 0.25) is 0 Å². The summed E-state index contributed by atoms with van der Waals surface area (Å²) in [5.74, 6) is -0.575. The highest BCUT2D eigenvalue weighted by molar-refractivity contribution is 5.82. The lowest BCUT2D eigenvalue weighted by Gasteiger charge is -2.38. The van der Waals surface area contributed by atoms with Gasteiger partial charge in [-0.05, 0) is 25.7 Å². The van der Waals surface area contributed by atoms with Crippen LogP contribution in [0.4, 0.5) is 0 Å². The molecule has 0 bridgehead atoms. The third kappa shape index (κ3) is 3.72.